The molecule has 1 saturated heterocycles. The molecule has 1 aliphatic rings. The van der Waals surface area contributed by atoms with Gasteiger partial charge >= 0.3 is 0 Å². The first-order chi connectivity index (χ1) is 16.1. The van der Waals surface area contributed by atoms with Gasteiger partial charge in [-0.15, -0.1) is 0 Å². The fraction of sp³-hybridized carbons (Fsp3) is 0.333. The van der Waals surface area contributed by atoms with Crippen LogP contribution in [0.25, 0.3) is 0 Å². The fourth-order valence-electron chi connectivity index (χ4n) is 3.82. The Hall–Kier alpha value is -3.72. The van der Waals surface area contributed by atoms with E-state index in [0.717, 1.165) is 37.0 Å². The van der Waals surface area contributed by atoms with E-state index in [9.17, 15) is 9.59 Å². The lowest BCUT2D eigenvalue weighted by molar-refractivity contribution is -0.00510. The standard InChI is InChI=1S/C24H26N6O3/c1-17-12-18(5-6-22(17)29-23(31)19-7-9-25-27-13-19)15-30(16-21-4-2-3-11-33-21)24(32)20-8-10-26-28-14-20/h5-10,12-14,21H,2-4,11,15-16H2,1H3,(H,29,31). The summed E-state index contributed by atoms with van der Waals surface area (Å²) in [6.07, 6.45) is 9.01. The molecule has 1 unspecified atom stereocenters. The molecule has 33 heavy (non-hydrogen) atoms. The van der Waals surface area contributed by atoms with E-state index < -0.39 is 0 Å². The smallest absolute Gasteiger partial charge is 0.257 e. The number of aryl methyl sites for hydroxylation is 1. The number of hydrogen-bond acceptors (Lipinski definition) is 7. The van der Waals surface area contributed by atoms with E-state index in [1.807, 2.05) is 25.1 Å². The van der Waals surface area contributed by atoms with Gasteiger partial charge in [0, 0.05) is 25.4 Å². The molecule has 170 valence electrons. The first-order valence-electron chi connectivity index (χ1n) is 11.0. The monoisotopic (exact) mass is 446 g/mol. The van der Waals surface area contributed by atoms with Gasteiger partial charge in [0.2, 0.25) is 0 Å². The van der Waals surface area contributed by atoms with Crippen LogP contribution in [-0.2, 0) is 11.3 Å². The summed E-state index contributed by atoms with van der Waals surface area (Å²) in [7, 11) is 0. The summed E-state index contributed by atoms with van der Waals surface area (Å²) in [5, 5.41) is 17.9. The summed E-state index contributed by atoms with van der Waals surface area (Å²) in [4.78, 5) is 27.4. The lowest BCUT2D eigenvalue weighted by atomic mass is 10.1. The van der Waals surface area contributed by atoms with Gasteiger partial charge in [-0.05, 0) is 55.5 Å². The second-order valence-electron chi connectivity index (χ2n) is 8.04. The van der Waals surface area contributed by atoms with Crippen molar-refractivity contribution in [1.29, 1.82) is 0 Å². The maximum atomic E-state index is 13.2. The molecule has 0 radical (unpaired) electrons. The molecule has 0 aliphatic carbocycles. The van der Waals surface area contributed by atoms with E-state index >= 15 is 0 Å². The zero-order chi connectivity index (χ0) is 23.0. The molecule has 1 atom stereocenters. The number of nitrogens with one attached hydrogen (secondary N) is 1. The van der Waals surface area contributed by atoms with E-state index in [2.05, 4.69) is 25.7 Å². The number of rotatable bonds is 7. The topological polar surface area (TPSA) is 110 Å². The quantitative estimate of drug-likeness (QED) is 0.594. The SMILES string of the molecule is Cc1cc(CN(CC2CCCCO2)C(=O)c2ccnnc2)ccc1NC(=O)c1ccnnc1. The van der Waals surface area contributed by atoms with Crippen LogP contribution in [0.4, 0.5) is 5.69 Å². The molecule has 1 aliphatic heterocycles. The number of amides is 2. The first kappa shape index (κ1) is 22.5. The zero-order valence-corrected chi connectivity index (χ0v) is 18.5. The minimum atomic E-state index is -0.253. The van der Waals surface area contributed by atoms with Crippen LogP contribution in [0.1, 0.15) is 51.1 Å². The predicted octanol–water partition coefficient (Wildman–Crippen LogP) is 3.04. The van der Waals surface area contributed by atoms with Crippen molar-refractivity contribution in [3.8, 4) is 0 Å². The molecule has 0 bridgehead atoms. The Bertz CT molecular complexity index is 1090. The molecular formula is C24H26N6O3. The average molecular weight is 447 g/mol. The number of ether oxygens (including phenoxy) is 1. The van der Waals surface area contributed by atoms with Crippen LogP contribution in [0, 0.1) is 6.92 Å². The van der Waals surface area contributed by atoms with Gasteiger partial charge in [0.25, 0.3) is 11.8 Å². The van der Waals surface area contributed by atoms with Gasteiger partial charge in [0.15, 0.2) is 0 Å². The number of carbonyl (C=O) groups excluding carboxylic acids is 2. The maximum absolute atomic E-state index is 13.2. The van der Waals surface area contributed by atoms with Gasteiger partial charge in [0.05, 0.1) is 42.0 Å². The highest BCUT2D eigenvalue weighted by molar-refractivity contribution is 6.04. The minimum absolute atomic E-state index is 0.0196. The van der Waals surface area contributed by atoms with Crippen molar-refractivity contribution in [2.24, 2.45) is 0 Å². The van der Waals surface area contributed by atoms with Crippen molar-refractivity contribution in [3.05, 3.63) is 77.4 Å². The molecule has 3 aromatic rings. The molecule has 9 heteroatoms. The largest absolute Gasteiger partial charge is 0.376 e. The average Bonchev–Trinajstić information content (AvgIpc) is 2.86. The van der Waals surface area contributed by atoms with Crippen molar-refractivity contribution < 1.29 is 14.3 Å². The second kappa shape index (κ2) is 10.7. The Labute approximate surface area is 192 Å². The van der Waals surface area contributed by atoms with Crippen molar-refractivity contribution >= 4 is 17.5 Å². The van der Waals surface area contributed by atoms with Gasteiger partial charge in [-0.25, -0.2) is 0 Å². The Balaban J connectivity index is 1.49. The Morgan fingerprint density at radius 1 is 1.03 bits per heavy atom. The number of nitrogens with zero attached hydrogens (tertiary/aromatic N) is 5. The van der Waals surface area contributed by atoms with Gasteiger partial charge < -0.3 is 15.0 Å². The van der Waals surface area contributed by atoms with Crippen LogP contribution in [0.3, 0.4) is 0 Å². The van der Waals surface area contributed by atoms with E-state index in [4.69, 9.17) is 4.74 Å². The highest BCUT2D eigenvalue weighted by atomic mass is 16.5. The summed E-state index contributed by atoms with van der Waals surface area (Å²) >= 11 is 0. The molecule has 1 N–H and O–H groups in total. The Morgan fingerprint density at radius 2 is 1.79 bits per heavy atom. The molecule has 9 nitrogen and oxygen atoms in total. The minimum Gasteiger partial charge on any atom is -0.376 e. The van der Waals surface area contributed by atoms with E-state index in [-0.39, 0.29) is 17.9 Å². The summed E-state index contributed by atoms with van der Waals surface area (Å²) in [5.41, 5.74) is 3.49. The molecule has 3 heterocycles. The first-order valence-corrected chi connectivity index (χ1v) is 11.0. The van der Waals surface area contributed by atoms with Crippen LogP contribution >= 0.6 is 0 Å². The second-order valence-corrected chi connectivity index (χ2v) is 8.04. The predicted molar refractivity (Wildman–Crippen MR) is 122 cm³/mol. The molecule has 2 amide bonds. The number of anilines is 1. The van der Waals surface area contributed by atoms with Crippen LogP contribution in [-0.4, -0.2) is 56.4 Å². The third kappa shape index (κ3) is 5.95. The fourth-order valence-corrected chi connectivity index (χ4v) is 3.82. The molecule has 1 fully saturated rings. The highest BCUT2D eigenvalue weighted by Crippen LogP contribution is 2.21. The molecule has 4 rings (SSSR count). The van der Waals surface area contributed by atoms with Crippen LogP contribution in [0.5, 0.6) is 0 Å². The molecule has 0 spiro atoms. The van der Waals surface area contributed by atoms with Gasteiger partial charge in [-0.2, -0.15) is 20.4 Å². The van der Waals surface area contributed by atoms with Crippen LogP contribution < -0.4 is 5.32 Å². The summed E-state index contributed by atoms with van der Waals surface area (Å²) in [6.45, 7) is 3.58. The van der Waals surface area contributed by atoms with Crippen molar-refractivity contribution in [2.45, 2.75) is 38.8 Å². The summed E-state index contributed by atoms with van der Waals surface area (Å²) in [6, 6.07) is 9.02. The normalized spacial score (nSPS) is 15.6. The third-order valence-electron chi connectivity index (χ3n) is 5.58. The number of carbonyl (C=O) groups is 2. The van der Waals surface area contributed by atoms with Crippen LogP contribution in [0.15, 0.2) is 55.1 Å². The lowest BCUT2D eigenvalue weighted by Gasteiger charge is -2.30. The van der Waals surface area contributed by atoms with Crippen molar-refractivity contribution in [1.82, 2.24) is 25.3 Å². The molecule has 0 saturated carbocycles. The van der Waals surface area contributed by atoms with Gasteiger partial charge in [-0.1, -0.05) is 12.1 Å². The number of benzene rings is 1. The molecule has 2 aromatic heterocycles. The lowest BCUT2D eigenvalue weighted by Crippen LogP contribution is -2.39. The zero-order valence-electron chi connectivity index (χ0n) is 18.5. The summed E-state index contributed by atoms with van der Waals surface area (Å²) in [5.74, 6) is -0.364. The molecule has 1 aromatic carbocycles. The van der Waals surface area contributed by atoms with E-state index in [1.54, 1.807) is 17.0 Å². The van der Waals surface area contributed by atoms with Gasteiger partial charge in [0.1, 0.15) is 0 Å². The van der Waals surface area contributed by atoms with Crippen LogP contribution in [0.2, 0.25) is 0 Å². The number of hydrogen-bond donors (Lipinski definition) is 1. The van der Waals surface area contributed by atoms with Crippen molar-refractivity contribution in [2.75, 3.05) is 18.5 Å². The Kier molecular flexibility index (Phi) is 7.31. The summed E-state index contributed by atoms with van der Waals surface area (Å²) < 4.78 is 5.88. The van der Waals surface area contributed by atoms with E-state index in [1.165, 1.54) is 24.8 Å². The molecular weight excluding hydrogens is 420 g/mol. The van der Waals surface area contributed by atoms with E-state index in [0.29, 0.717) is 29.9 Å². The van der Waals surface area contributed by atoms with Crippen molar-refractivity contribution in [3.63, 3.8) is 0 Å². The maximum Gasteiger partial charge on any atom is 0.257 e. The highest BCUT2D eigenvalue weighted by Gasteiger charge is 2.23. The van der Waals surface area contributed by atoms with Gasteiger partial charge in [-0.3, -0.25) is 9.59 Å². The number of aromatic nitrogens is 4. The third-order valence-corrected chi connectivity index (χ3v) is 5.58. The Morgan fingerprint density at radius 3 is 2.42 bits per heavy atom.